The quantitative estimate of drug-likeness (QED) is 0.671. The number of nitrogens with zero attached hydrogens (tertiary/aromatic N) is 2. The van der Waals surface area contributed by atoms with Gasteiger partial charge in [0.1, 0.15) is 12.0 Å². The number of fused-ring (bicyclic) bond motifs is 3. The van der Waals surface area contributed by atoms with Gasteiger partial charge in [-0.05, 0) is 50.0 Å². The number of hydrogen-bond acceptors (Lipinski definition) is 5. The molecular formula is C23H31N3O4. The smallest absolute Gasteiger partial charge is 0.287 e. The zero-order valence-corrected chi connectivity index (χ0v) is 17.9. The predicted molar refractivity (Wildman–Crippen MR) is 112 cm³/mol. The van der Waals surface area contributed by atoms with Crippen molar-refractivity contribution in [2.24, 2.45) is 11.8 Å². The van der Waals surface area contributed by atoms with E-state index < -0.39 is 0 Å². The van der Waals surface area contributed by atoms with Crippen LogP contribution in [0.1, 0.15) is 60.0 Å². The molecule has 162 valence electrons. The number of amides is 1. The molecule has 0 unspecified atom stereocenters. The first-order chi connectivity index (χ1) is 14.6. The van der Waals surface area contributed by atoms with Crippen LogP contribution in [0.25, 0.3) is 11.3 Å². The van der Waals surface area contributed by atoms with Gasteiger partial charge in [-0.25, -0.2) is 0 Å². The number of aromatic nitrogens is 2. The Morgan fingerprint density at radius 2 is 2.17 bits per heavy atom. The summed E-state index contributed by atoms with van der Waals surface area (Å²) >= 11 is 0. The second-order valence-electron chi connectivity index (χ2n) is 8.69. The van der Waals surface area contributed by atoms with Gasteiger partial charge in [0.2, 0.25) is 0 Å². The highest BCUT2D eigenvalue weighted by atomic mass is 16.5. The number of aryl methyl sites for hydroxylation is 2. The molecule has 1 aliphatic heterocycles. The molecule has 1 N–H and O–H groups in total. The normalized spacial score (nSPS) is 17.3. The Hall–Kier alpha value is -2.41. The van der Waals surface area contributed by atoms with Crippen molar-refractivity contribution in [3.63, 3.8) is 0 Å². The SMILES string of the molecule is Cc1c(C(=O)NC[C@@H](C)CCC=O)oc2c1-c1nn(CC3CCOCC3)cc1CC2. The molecular weight excluding hydrogens is 382 g/mol. The minimum absolute atomic E-state index is 0.192. The number of ether oxygens (including phenoxy) is 1. The minimum Gasteiger partial charge on any atom is -0.455 e. The van der Waals surface area contributed by atoms with E-state index >= 15 is 0 Å². The summed E-state index contributed by atoms with van der Waals surface area (Å²) in [4.78, 5) is 23.3. The van der Waals surface area contributed by atoms with E-state index in [4.69, 9.17) is 14.3 Å². The van der Waals surface area contributed by atoms with Crippen molar-refractivity contribution in [1.82, 2.24) is 15.1 Å². The second kappa shape index (κ2) is 9.16. The molecule has 0 saturated carbocycles. The molecule has 2 aromatic heterocycles. The maximum absolute atomic E-state index is 12.7. The van der Waals surface area contributed by atoms with Crippen LogP contribution in [0.5, 0.6) is 0 Å². The Kier molecular flexibility index (Phi) is 6.37. The first-order valence-corrected chi connectivity index (χ1v) is 11.0. The van der Waals surface area contributed by atoms with E-state index in [9.17, 15) is 9.59 Å². The number of aldehydes is 1. The van der Waals surface area contributed by atoms with Crippen molar-refractivity contribution in [3.05, 3.63) is 28.8 Å². The van der Waals surface area contributed by atoms with Crippen molar-refractivity contribution >= 4 is 12.2 Å². The third-order valence-corrected chi connectivity index (χ3v) is 6.30. The van der Waals surface area contributed by atoms with Crippen molar-refractivity contribution in [2.75, 3.05) is 19.8 Å². The lowest BCUT2D eigenvalue weighted by molar-refractivity contribution is -0.108. The summed E-state index contributed by atoms with van der Waals surface area (Å²) in [5.74, 6) is 1.90. The Bertz CT molecular complexity index is 908. The van der Waals surface area contributed by atoms with Gasteiger partial charge in [-0.15, -0.1) is 0 Å². The van der Waals surface area contributed by atoms with Gasteiger partial charge in [0.25, 0.3) is 5.91 Å². The molecule has 3 heterocycles. The van der Waals surface area contributed by atoms with E-state index in [2.05, 4.69) is 16.2 Å². The van der Waals surface area contributed by atoms with Crippen molar-refractivity contribution in [1.29, 1.82) is 0 Å². The van der Waals surface area contributed by atoms with Crippen LogP contribution in [-0.4, -0.2) is 41.7 Å². The van der Waals surface area contributed by atoms with Crippen LogP contribution in [-0.2, 0) is 28.9 Å². The molecule has 1 amide bonds. The van der Waals surface area contributed by atoms with Crippen LogP contribution in [0.3, 0.4) is 0 Å². The molecule has 4 rings (SSSR count). The van der Waals surface area contributed by atoms with Gasteiger partial charge in [0.05, 0.1) is 5.69 Å². The first-order valence-electron chi connectivity index (χ1n) is 11.0. The standard InChI is InChI=1S/C23H31N3O4/c1-15(4-3-9-27)12-24-23(28)22-16(2)20-19(30-22)6-5-18-14-26(25-21(18)20)13-17-7-10-29-11-8-17/h9,14-15,17H,3-8,10-13H2,1-2H3,(H,24,28)/t15-/m0/s1. The second-order valence-corrected chi connectivity index (χ2v) is 8.69. The highest BCUT2D eigenvalue weighted by Crippen LogP contribution is 2.38. The van der Waals surface area contributed by atoms with Crippen LogP contribution in [0.4, 0.5) is 0 Å². The molecule has 1 fully saturated rings. The fraction of sp³-hybridized carbons (Fsp3) is 0.609. The number of nitrogens with one attached hydrogen (secondary N) is 1. The average Bonchev–Trinajstić information content (AvgIpc) is 3.31. The van der Waals surface area contributed by atoms with E-state index in [1.165, 1.54) is 5.56 Å². The number of carbonyl (C=O) groups excluding carboxylic acids is 2. The molecule has 1 atom stereocenters. The highest BCUT2D eigenvalue weighted by molar-refractivity contribution is 5.95. The average molecular weight is 414 g/mol. The molecule has 0 aromatic carbocycles. The van der Waals surface area contributed by atoms with Gasteiger partial charge in [-0.3, -0.25) is 9.48 Å². The molecule has 30 heavy (non-hydrogen) atoms. The fourth-order valence-corrected chi connectivity index (χ4v) is 4.47. The predicted octanol–water partition coefficient (Wildman–Crippen LogP) is 3.32. The van der Waals surface area contributed by atoms with Gasteiger partial charge < -0.3 is 19.3 Å². The topological polar surface area (TPSA) is 86.4 Å². The fourth-order valence-electron chi connectivity index (χ4n) is 4.47. The summed E-state index contributed by atoms with van der Waals surface area (Å²) < 4.78 is 13.5. The van der Waals surface area contributed by atoms with Crippen molar-refractivity contribution < 1.29 is 18.7 Å². The van der Waals surface area contributed by atoms with E-state index in [0.717, 1.165) is 80.7 Å². The van der Waals surface area contributed by atoms with E-state index in [0.29, 0.717) is 24.6 Å². The van der Waals surface area contributed by atoms with Gasteiger partial charge in [-0.2, -0.15) is 5.10 Å². The van der Waals surface area contributed by atoms with Crippen molar-refractivity contribution in [3.8, 4) is 11.3 Å². The summed E-state index contributed by atoms with van der Waals surface area (Å²) in [5, 5.41) is 7.83. The lowest BCUT2D eigenvalue weighted by Crippen LogP contribution is -2.28. The Labute approximate surface area is 177 Å². The lowest BCUT2D eigenvalue weighted by atomic mass is 9.93. The maximum Gasteiger partial charge on any atom is 0.287 e. The zero-order chi connectivity index (χ0) is 21.1. The summed E-state index contributed by atoms with van der Waals surface area (Å²) in [7, 11) is 0. The summed E-state index contributed by atoms with van der Waals surface area (Å²) in [6.45, 7) is 7.09. The number of furan rings is 1. The van der Waals surface area contributed by atoms with Gasteiger partial charge in [-0.1, -0.05) is 6.92 Å². The maximum atomic E-state index is 12.7. The van der Waals surface area contributed by atoms with Crippen LogP contribution >= 0.6 is 0 Å². The summed E-state index contributed by atoms with van der Waals surface area (Å²) in [6, 6.07) is 0. The van der Waals surface area contributed by atoms with E-state index in [-0.39, 0.29) is 11.8 Å². The molecule has 1 saturated heterocycles. The van der Waals surface area contributed by atoms with Crippen molar-refractivity contribution in [2.45, 2.75) is 58.9 Å². The molecule has 2 aromatic rings. The highest BCUT2D eigenvalue weighted by Gasteiger charge is 2.30. The summed E-state index contributed by atoms with van der Waals surface area (Å²) in [6.07, 6.45) is 8.19. The molecule has 7 heteroatoms. The van der Waals surface area contributed by atoms with E-state index in [1.54, 1.807) is 0 Å². The minimum atomic E-state index is -0.192. The van der Waals surface area contributed by atoms with Crippen LogP contribution in [0.15, 0.2) is 10.6 Å². The molecule has 7 nitrogen and oxygen atoms in total. The Morgan fingerprint density at radius 3 is 2.93 bits per heavy atom. The molecule has 0 bridgehead atoms. The van der Waals surface area contributed by atoms with Crippen LogP contribution in [0.2, 0.25) is 0 Å². The van der Waals surface area contributed by atoms with Crippen LogP contribution in [0, 0.1) is 18.8 Å². The molecule has 1 aliphatic carbocycles. The third kappa shape index (κ3) is 4.36. The lowest BCUT2D eigenvalue weighted by Gasteiger charge is -2.21. The first kappa shape index (κ1) is 20.8. The largest absolute Gasteiger partial charge is 0.455 e. The van der Waals surface area contributed by atoms with Gasteiger partial charge in [0.15, 0.2) is 5.76 Å². The van der Waals surface area contributed by atoms with Crippen LogP contribution < -0.4 is 5.32 Å². The molecule has 0 radical (unpaired) electrons. The number of carbonyl (C=O) groups is 2. The van der Waals surface area contributed by atoms with E-state index in [1.807, 2.05) is 13.8 Å². The Morgan fingerprint density at radius 1 is 1.37 bits per heavy atom. The Balaban J connectivity index is 1.49. The zero-order valence-electron chi connectivity index (χ0n) is 17.9. The number of hydrogen-bond donors (Lipinski definition) is 1. The third-order valence-electron chi connectivity index (χ3n) is 6.30. The molecule has 0 spiro atoms. The van der Waals surface area contributed by atoms with Gasteiger partial charge >= 0.3 is 0 Å². The summed E-state index contributed by atoms with van der Waals surface area (Å²) in [5.41, 5.74) is 4.04. The number of rotatable bonds is 8. The molecule has 2 aliphatic rings. The monoisotopic (exact) mass is 413 g/mol. The van der Waals surface area contributed by atoms with Gasteiger partial charge in [0, 0.05) is 56.5 Å².